The van der Waals surface area contributed by atoms with Crippen LogP contribution in [0.1, 0.15) is 48.5 Å². The molecule has 2 rings (SSSR count). The van der Waals surface area contributed by atoms with Gasteiger partial charge in [0, 0.05) is 22.4 Å². The summed E-state index contributed by atoms with van der Waals surface area (Å²) in [5, 5.41) is 0. The average molecular weight is 253 g/mol. The van der Waals surface area contributed by atoms with Crippen LogP contribution in [0.25, 0.3) is 0 Å². The van der Waals surface area contributed by atoms with Gasteiger partial charge in [0.05, 0.1) is 0 Å². The van der Waals surface area contributed by atoms with Crippen molar-refractivity contribution in [3.05, 3.63) is 21.9 Å². The summed E-state index contributed by atoms with van der Waals surface area (Å²) in [6, 6.07) is 4.43. The average Bonchev–Trinajstić information content (AvgIpc) is 3.05. The lowest BCUT2D eigenvalue weighted by molar-refractivity contribution is 0.0323. The number of thiophene rings is 1. The minimum absolute atomic E-state index is 0.0949. The van der Waals surface area contributed by atoms with Crippen molar-refractivity contribution in [3.63, 3.8) is 0 Å². The van der Waals surface area contributed by atoms with Crippen LogP contribution in [0.15, 0.2) is 12.1 Å². The van der Waals surface area contributed by atoms with Gasteiger partial charge in [-0.2, -0.15) is 0 Å². The van der Waals surface area contributed by atoms with Crippen molar-refractivity contribution in [2.45, 2.75) is 51.7 Å². The van der Waals surface area contributed by atoms with Crippen molar-refractivity contribution >= 4 is 11.3 Å². The second-order valence-corrected chi connectivity index (χ2v) is 6.36. The molecule has 1 saturated carbocycles. The highest BCUT2D eigenvalue weighted by atomic mass is 32.1. The lowest BCUT2D eigenvalue weighted by Gasteiger charge is -2.22. The van der Waals surface area contributed by atoms with Crippen molar-refractivity contribution in [1.82, 2.24) is 0 Å². The second kappa shape index (κ2) is 5.98. The number of nitrogens with two attached hydrogens (primary N) is 1. The molecular weight excluding hydrogens is 230 g/mol. The third-order valence-corrected chi connectivity index (χ3v) is 4.48. The summed E-state index contributed by atoms with van der Waals surface area (Å²) in [6.07, 6.45) is 5.05. The van der Waals surface area contributed by atoms with Crippen molar-refractivity contribution in [3.8, 4) is 0 Å². The van der Waals surface area contributed by atoms with E-state index >= 15 is 0 Å². The fraction of sp³-hybridized carbons (Fsp3) is 0.714. The monoisotopic (exact) mass is 253 g/mol. The first-order chi connectivity index (χ1) is 8.20. The van der Waals surface area contributed by atoms with Crippen molar-refractivity contribution in [1.29, 1.82) is 0 Å². The summed E-state index contributed by atoms with van der Waals surface area (Å²) in [5.74, 6) is 0.929. The molecule has 1 aliphatic rings. The first kappa shape index (κ1) is 13.1. The molecule has 2 N–H and O–H groups in total. The number of hydrogen-bond acceptors (Lipinski definition) is 3. The zero-order valence-corrected chi connectivity index (χ0v) is 11.6. The first-order valence-electron chi connectivity index (χ1n) is 6.64. The molecule has 3 heteroatoms. The van der Waals surface area contributed by atoms with Crippen LogP contribution in [-0.4, -0.2) is 12.6 Å². The number of ether oxygens (including phenoxy) is 1. The van der Waals surface area contributed by atoms with Gasteiger partial charge in [0.2, 0.25) is 0 Å². The van der Waals surface area contributed by atoms with Gasteiger partial charge in [-0.3, -0.25) is 0 Å². The standard InChI is InChI=1S/C14H23NOS/c1-3-12(15)14(13-7-4-10(2)17-13)16-9-8-11-5-6-11/h4,7,11-12,14H,3,5-6,8-9,15H2,1-2H3. The Balaban J connectivity index is 1.91. The molecule has 1 heterocycles. The predicted molar refractivity (Wildman–Crippen MR) is 73.4 cm³/mol. The molecule has 17 heavy (non-hydrogen) atoms. The van der Waals surface area contributed by atoms with Crippen LogP contribution in [0, 0.1) is 12.8 Å². The lowest BCUT2D eigenvalue weighted by Crippen LogP contribution is -2.29. The lowest BCUT2D eigenvalue weighted by atomic mass is 10.1. The molecule has 1 aliphatic carbocycles. The van der Waals surface area contributed by atoms with Crippen LogP contribution in [0.5, 0.6) is 0 Å². The van der Waals surface area contributed by atoms with Gasteiger partial charge in [-0.1, -0.05) is 19.8 Å². The fourth-order valence-corrected chi connectivity index (χ4v) is 3.01. The third kappa shape index (κ3) is 3.80. The number of hydrogen-bond donors (Lipinski definition) is 1. The Morgan fingerprint density at radius 3 is 2.76 bits per heavy atom. The third-order valence-electron chi connectivity index (χ3n) is 3.42. The first-order valence-corrected chi connectivity index (χ1v) is 7.46. The fourth-order valence-electron chi connectivity index (χ4n) is 2.01. The Morgan fingerprint density at radius 2 is 2.24 bits per heavy atom. The van der Waals surface area contributed by atoms with Crippen molar-refractivity contribution in [2.24, 2.45) is 11.7 Å². The summed E-state index contributed by atoms with van der Waals surface area (Å²) in [4.78, 5) is 2.62. The minimum atomic E-state index is 0.0949. The molecule has 0 aliphatic heterocycles. The van der Waals surface area contributed by atoms with Gasteiger partial charge in [-0.25, -0.2) is 0 Å². The Kier molecular flexibility index (Phi) is 4.60. The van der Waals surface area contributed by atoms with E-state index in [-0.39, 0.29) is 12.1 Å². The van der Waals surface area contributed by atoms with Gasteiger partial charge in [0.1, 0.15) is 6.10 Å². The maximum Gasteiger partial charge on any atom is 0.107 e. The highest BCUT2D eigenvalue weighted by Crippen LogP contribution is 2.34. The zero-order chi connectivity index (χ0) is 12.3. The van der Waals surface area contributed by atoms with E-state index in [2.05, 4.69) is 26.0 Å². The van der Waals surface area contributed by atoms with Gasteiger partial charge in [-0.15, -0.1) is 11.3 Å². The van der Waals surface area contributed by atoms with Crippen molar-refractivity contribution in [2.75, 3.05) is 6.61 Å². The smallest absolute Gasteiger partial charge is 0.107 e. The molecule has 2 atom stereocenters. The van der Waals surface area contributed by atoms with Gasteiger partial charge in [0.25, 0.3) is 0 Å². The summed E-state index contributed by atoms with van der Waals surface area (Å²) in [6.45, 7) is 5.12. The molecule has 0 bridgehead atoms. The quantitative estimate of drug-likeness (QED) is 0.805. The van der Waals surface area contributed by atoms with Gasteiger partial charge >= 0.3 is 0 Å². The number of aryl methyl sites for hydroxylation is 1. The van der Waals surface area contributed by atoms with Crippen LogP contribution < -0.4 is 5.73 Å². The Hall–Kier alpha value is -0.380. The van der Waals surface area contributed by atoms with E-state index in [0.29, 0.717) is 0 Å². The normalized spacial score (nSPS) is 19.2. The topological polar surface area (TPSA) is 35.2 Å². The summed E-state index contributed by atoms with van der Waals surface area (Å²) < 4.78 is 6.03. The highest BCUT2D eigenvalue weighted by molar-refractivity contribution is 7.12. The summed E-state index contributed by atoms with van der Waals surface area (Å²) in [5.41, 5.74) is 6.17. The molecule has 0 aromatic carbocycles. The minimum Gasteiger partial charge on any atom is -0.371 e. The molecule has 0 amide bonds. The van der Waals surface area contributed by atoms with E-state index in [1.165, 1.54) is 29.0 Å². The van der Waals surface area contributed by atoms with E-state index in [1.54, 1.807) is 0 Å². The Morgan fingerprint density at radius 1 is 1.47 bits per heavy atom. The van der Waals surface area contributed by atoms with Crippen LogP contribution in [0.4, 0.5) is 0 Å². The maximum atomic E-state index is 6.17. The molecule has 2 unspecified atom stereocenters. The number of rotatable bonds is 7. The Labute approximate surface area is 108 Å². The molecular formula is C14H23NOS. The van der Waals surface area contributed by atoms with Crippen LogP contribution in [0.3, 0.4) is 0 Å². The molecule has 0 saturated heterocycles. The second-order valence-electron chi connectivity index (χ2n) is 5.04. The van der Waals surface area contributed by atoms with Gasteiger partial charge in [0.15, 0.2) is 0 Å². The summed E-state index contributed by atoms with van der Waals surface area (Å²) in [7, 11) is 0. The summed E-state index contributed by atoms with van der Waals surface area (Å²) >= 11 is 1.81. The van der Waals surface area contributed by atoms with Crippen LogP contribution >= 0.6 is 11.3 Å². The molecule has 1 aromatic heterocycles. The Bertz CT molecular complexity index is 346. The van der Waals surface area contributed by atoms with E-state index in [1.807, 2.05) is 11.3 Å². The predicted octanol–water partition coefficient (Wildman–Crippen LogP) is 3.65. The molecule has 0 spiro atoms. The molecule has 96 valence electrons. The molecule has 0 radical (unpaired) electrons. The van der Waals surface area contributed by atoms with E-state index in [0.717, 1.165) is 18.9 Å². The van der Waals surface area contributed by atoms with Gasteiger partial charge in [-0.05, 0) is 37.8 Å². The van der Waals surface area contributed by atoms with Crippen LogP contribution in [0.2, 0.25) is 0 Å². The van der Waals surface area contributed by atoms with E-state index in [4.69, 9.17) is 10.5 Å². The largest absolute Gasteiger partial charge is 0.371 e. The van der Waals surface area contributed by atoms with Crippen molar-refractivity contribution < 1.29 is 4.74 Å². The van der Waals surface area contributed by atoms with Crippen LogP contribution in [-0.2, 0) is 4.74 Å². The molecule has 2 nitrogen and oxygen atoms in total. The van der Waals surface area contributed by atoms with E-state index in [9.17, 15) is 0 Å². The highest BCUT2D eigenvalue weighted by Gasteiger charge is 2.24. The van der Waals surface area contributed by atoms with E-state index < -0.39 is 0 Å². The maximum absolute atomic E-state index is 6.17. The van der Waals surface area contributed by atoms with Gasteiger partial charge < -0.3 is 10.5 Å². The molecule has 1 aromatic rings. The SMILES string of the molecule is CCC(N)C(OCCC1CC1)c1ccc(C)s1. The zero-order valence-electron chi connectivity index (χ0n) is 10.8. The molecule has 1 fully saturated rings.